The predicted octanol–water partition coefficient (Wildman–Crippen LogP) is 3.45. The monoisotopic (exact) mass is 358 g/mol. The van der Waals surface area contributed by atoms with Crippen LogP contribution in [0.3, 0.4) is 0 Å². The molecular formula is C20H26N2O2S. The molecule has 0 saturated carbocycles. The summed E-state index contributed by atoms with van der Waals surface area (Å²) in [4.78, 5) is 12.2. The summed E-state index contributed by atoms with van der Waals surface area (Å²) in [6.07, 6.45) is 0.854. The number of amides is 1. The minimum atomic E-state index is -0.998. The molecule has 2 rings (SSSR count). The van der Waals surface area contributed by atoms with E-state index < -0.39 is 16.8 Å². The molecule has 0 bridgehead atoms. The lowest BCUT2D eigenvalue weighted by atomic mass is 9.99. The van der Waals surface area contributed by atoms with Gasteiger partial charge in [-0.1, -0.05) is 62.7 Å². The number of hydrogen-bond donors (Lipinski definition) is 2. The molecular weight excluding hydrogens is 332 g/mol. The third kappa shape index (κ3) is 6.11. The van der Waals surface area contributed by atoms with Gasteiger partial charge >= 0.3 is 0 Å². The molecule has 3 N–H and O–H groups in total. The van der Waals surface area contributed by atoms with Gasteiger partial charge in [-0.2, -0.15) is 0 Å². The van der Waals surface area contributed by atoms with Gasteiger partial charge in [0.1, 0.15) is 0 Å². The number of carbonyl (C=O) groups is 1. The van der Waals surface area contributed by atoms with Gasteiger partial charge in [-0.15, -0.1) is 0 Å². The van der Waals surface area contributed by atoms with E-state index in [-0.39, 0.29) is 11.8 Å². The van der Waals surface area contributed by atoms with Crippen molar-refractivity contribution in [3.05, 3.63) is 65.7 Å². The summed E-state index contributed by atoms with van der Waals surface area (Å²) >= 11 is 0. The van der Waals surface area contributed by atoms with Crippen LogP contribution in [0.5, 0.6) is 0 Å². The van der Waals surface area contributed by atoms with Crippen molar-refractivity contribution in [1.29, 1.82) is 0 Å². The Morgan fingerprint density at radius 2 is 1.72 bits per heavy atom. The number of carbonyl (C=O) groups excluding carboxylic acids is 1. The quantitative estimate of drug-likeness (QED) is 0.759. The van der Waals surface area contributed by atoms with E-state index in [0.29, 0.717) is 17.2 Å². The fourth-order valence-electron chi connectivity index (χ4n) is 2.47. The number of benzene rings is 2. The summed E-state index contributed by atoms with van der Waals surface area (Å²) in [7, 11) is -0.998. The molecule has 0 spiro atoms. The first-order valence-electron chi connectivity index (χ1n) is 8.54. The van der Waals surface area contributed by atoms with Gasteiger partial charge in [-0.25, -0.2) is 0 Å². The van der Waals surface area contributed by atoms with Crippen molar-refractivity contribution in [2.45, 2.75) is 37.8 Å². The van der Waals surface area contributed by atoms with E-state index in [2.05, 4.69) is 5.32 Å². The molecule has 0 fully saturated rings. The lowest BCUT2D eigenvalue weighted by molar-refractivity contribution is -0.118. The topological polar surface area (TPSA) is 72.2 Å². The summed E-state index contributed by atoms with van der Waals surface area (Å²) in [6.45, 7) is 3.98. The number of anilines is 1. The molecule has 1 amide bonds. The maximum atomic E-state index is 12.4. The van der Waals surface area contributed by atoms with Crippen LogP contribution in [0.4, 0.5) is 5.69 Å². The average molecular weight is 359 g/mol. The maximum absolute atomic E-state index is 12.4. The molecule has 134 valence electrons. The molecule has 4 nitrogen and oxygen atoms in total. The number of rotatable bonds is 8. The first kappa shape index (κ1) is 19.3. The summed E-state index contributed by atoms with van der Waals surface area (Å²) in [5, 5.41) is 2.86. The molecule has 0 aliphatic heterocycles. The van der Waals surface area contributed by atoms with E-state index in [4.69, 9.17) is 5.73 Å². The van der Waals surface area contributed by atoms with Crippen LogP contribution in [0, 0.1) is 5.92 Å². The van der Waals surface area contributed by atoms with Gasteiger partial charge in [0, 0.05) is 28.0 Å². The Bertz CT molecular complexity index is 719. The molecule has 0 radical (unpaired) electrons. The lowest BCUT2D eigenvalue weighted by Gasteiger charge is -2.18. The first-order chi connectivity index (χ1) is 12.0. The van der Waals surface area contributed by atoms with Crippen LogP contribution in [-0.2, 0) is 27.1 Å². The molecule has 3 unspecified atom stereocenters. The van der Waals surface area contributed by atoms with Crippen molar-refractivity contribution >= 4 is 22.4 Å². The van der Waals surface area contributed by atoms with Crippen molar-refractivity contribution in [2.24, 2.45) is 11.7 Å². The summed E-state index contributed by atoms with van der Waals surface area (Å²) < 4.78 is 12.4. The summed E-state index contributed by atoms with van der Waals surface area (Å²) in [5.41, 5.74) is 8.65. The highest BCUT2D eigenvalue weighted by atomic mass is 32.2. The van der Waals surface area contributed by atoms with E-state index >= 15 is 0 Å². The lowest BCUT2D eigenvalue weighted by Crippen LogP contribution is -2.40. The highest BCUT2D eigenvalue weighted by Gasteiger charge is 2.19. The van der Waals surface area contributed by atoms with Gasteiger partial charge < -0.3 is 11.1 Å². The standard InChI is InChI=1S/C20H26N2O2S/c1-3-15(2)19(21)20(23)22-18-11-7-10-17(12-18)14-25(24)13-16-8-5-4-6-9-16/h4-12,15,19H,3,13-14,21H2,1-2H3,(H,22,23). The number of hydrogen-bond acceptors (Lipinski definition) is 3. The van der Waals surface area contributed by atoms with Crippen LogP contribution in [0.25, 0.3) is 0 Å². The third-order valence-corrected chi connectivity index (χ3v) is 5.56. The second kappa shape index (κ2) is 9.49. The van der Waals surface area contributed by atoms with Crippen molar-refractivity contribution in [2.75, 3.05) is 5.32 Å². The minimum absolute atomic E-state index is 0.126. The molecule has 25 heavy (non-hydrogen) atoms. The Hall–Kier alpha value is -1.98. The zero-order valence-electron chi connectivity index (χ0n) is 14.8. The molecule has 5 heteroatoms. The minimum Gasteiger partial charge on any atom is -0.325 e. The van der Waals surface area contributed by atoms with E-state index in [1.165, 1.54) is 0 Å². The second-order valence-electron chi connectivity index (χ2n) is 6.32. The zero-order valence-corrected chi connectivity index (χ0v) is 15.6. The van der Waals surface area contributed by atoms with Gasteiger partial charge in [0.15, 0.2) is 0 Å². The highest BCUT2D eigenvalue weighted by molar-refractivity contribution is 7.83. The Morgan fingerprint density at radius 3 is 2.40 bits per heavy atom. The average Bonchev–Trinajstić information content (AvgIpc) is 2.61. The molecule has 3 atom stereocenters. The number of nitrogens with one attached hydrogen (secondary N) is 1. The molecule has 0 saturated heterocycles. The summed E-state index contributed by atoms with van der Waals surface area (Å²) in [5.74, 6) is 0.922. The third-order valence-electron chi connectivity index (χ3n) is 4.25. The van der Waals surface area contributed by atoms with Gasteiger partial charge in [0.05, 0.1) is 6.04 Å². The summed E-state index contributed by atoms with van der Waals surface area (Å²) in [6, 6.07) is 16.7. The van der Waals surface area contributed by atoms with Crippen LogP contribution in [0.15, 0.2) is 54.6 Å². The smallest absolute Gasteiger partial charge is 0.241 e. The Kier molecular flexibility index (Phi) is 7.34. The highest BCUT2D eigenvalue weighted by Crippen LogP contribution is 2.15. The Balaban J connectivity index is 1.96. The second-order valence-corrected chi connectivity index (χ2v) is 7.77. The normalized spacial score (nSPS) is 14.5. The Labute approximate surface area is 152 Å². The molecule has 0 aliphatic carbocycles. The van der Waals surface area contributed by atoms with E-state index in [1.807, 2.05) is 68.4 Å². The van der Waals surface area contributed by atoms with Crippen molar-refractivity contribution in [3.8, 4) is 0 Å². The largest absolute Gasteiger partial charge is 0.325 e. The van der Waals surface area contributed by atoms with Crippen molar-refractivity contribution < 1.29 is 9.00 Å². The van der Waals surface area contributed by atoms with Crippen molar-refractivity contribution in [3.63, 3.8) is 0 Å². The molecule has 0 aliphatic rings. The van der Waals surface area contributed by atoms with E-state index in [9.17, 15) is 9.00 Å². The first-order valence-corrected chi connectivity index (χ1v) is 10.0. The van der Waals surface area contributed by atoms with Crippen LogP contribution in [0.2, 0.25) is 0 Å². The van der Waals surface area contributed by atoms with Crippen LogP contribution in [0.1, 0.15) is 31.4 Å². The van der Waals surface area contributed by atoms with E-state index in [1.54, 1.807) is 0 Å². The van der Waals surface area contributed by atoms with Gasteiger partial charge in [0.2, 0.25) is 5.91 Å². The molecule has 2 aromatic carbocycles. The van der Waals surface area contributed by atoms with Gasteiger partial charge in [0.25, 0.3) is 0 Å². The van der Waals surface area contributed by atoms with Crippen molar-refractivity contribution in [1.82, 2.24) is 0 Å². The fraction of sp³-hybridized carbons (Fsp3) is 0.350. The maximum Gasteiger partial charge on any atom is 0.241 e. The van der Waals surface area contributed by atoms with Crippen LogP contribution >= 0.6 is 0 Å². The van der Waals surface area contributed by atoms with Gasteiger partial charge in [-0.3, -0.25) is 9.00 Å². The number of nitrogens with two attached hydrogens (primary N) is 1. The molecule has 2 aromatic rings. The van der Waals surface area contributed by atoms with Crippen LogP contribution in [-0.4, -0.2) is 16.2 Å². The fourth-order valence-corrected chi connectivity index (χ4v) is 3.69. The predicted molar refractivity (Wildman–Crippen MR) is 104 cm³/mol. The molecule has 0 aromatic heterocycles. The zero-order chi connectivity index (χ0) is 18.2. The van der Waals surface area contributed by atoms with E-state index in [0.717, 1.165) is 17.5 Å². The van der Waals surface area contributed by atoms with Gasteiger partial charge in [-0.05, 0) is 29.2 Å². The SMILES string of the molecule is CCC(C)C(N)C(=O)Nc1cccc(CS(=O)Cc2ccccc2)c1. The van der Waals surface area contributed by atoms with Crippen LogP contribution < -0.4 is 11.1 Å². The Morgan fingerprint density at radius 1 is 1.08 bits per heavy atom. The molecule has 0 heterocycles.